The Hall–Kier alpha value is -1.64. The van der Waals surface area contributed by atoms with Gasteiger partial charge in [0.15, 0.2) is 0 Å². The molecular formula is C34H50NP. The van der Waals surface area contributed by atoms with Gasteiger partial charge in [-0.05, 0) is 122 Å². The molecule has 6 atom stereocenters. The van der Waals surface area contributed by atoms with Crippen molar-refractivity contribution in [3.05, 3.63) is 44.8 Å². The van der Waals surface area contributed by atoms with Crippen molar-refractivity contribution in [1.29, 1.82) is 5.26 Å². The molecule has 0 aromatic heterocycles. The second-order valence-corrected chi connectivity index (χ2v) is 13.5. The molecule has 0 amide bonds. The molecular weight excluding hydrogens is 453 g/mol. The van der Waals surface area contributed by atoms with Crippen LogP contribution in [0, 0.1) is 53.3 Å². The Kier molecular flexibility index (Phi) is 8.24. The molecule has 4 aliphatic carbocycles. The van der Waals surface area contributed by atoms with Gasteiger partial charge < -0.3 is 0 Å². The highest BCUT2D eigenvalue weighted by molar-refractivity contribution is 7.35. The van der Waals surface area contributed by atoms with Crippen LogP contribution in [-0.2, 0) is 5.41 Å². The Morgan fingerprint density at radius 2 is 1.56 bits per heavy atom. The van der Waals surface area contributed by atoms with Gasteiger partial charge in [0.05, 0.1) is 11.5 Å². The van der Waals surface area contributed by atoms with Crippen LogP contribution < -0.4 is 10.4 Å². The summed E-state index contributed by atoms with van der Waals surface area (Å²) in [7, 11) is 1.17. The van der Waals surface area contributed by atoms with E-state index in [4.69, 9.17) is 0 Å². The summed E-state index contributed by atoms with van der Waals surface area (Å²) in [6.07, 6.45) is 16.9. The lowest BCUT2D eigenvalue weighted by Crippen LogP contribution is -2.57. The van der Waals surface area contributed by atoms with Crippen LogP contribution in [0.4, 0.5) is 0 Å². The van der Waals surface area contributed by atoms with Crippen LogP contribution in [0.2, 0.25) is 0 Å². The zero-order valence-electron chi connectivity index (χ0n) is 24.6. The first-order chi connectivity index (χ1) is 16.9. The van der Waals surface area contributed by atoms with Crippen LogP contribution in [0.3, 0.4) is 0 Å². The number of hydrogen-bond donors (Lipinski definition) is 0. The van der Waals surface area contributed by atoms with Gasteiger partial charge in [-0.1, -0.05) is 71.3 Å². The van der Waals surface area contributed by atoms with Crippen molar-refractivity contribution < 1.29 is 0 Å². The minimum atomic E-state index is -0.139. The summed E-state index contributed by atoms with van der Waals surface area (Å²) in [4.78, 5) is 0. The molecule has 0 N–H and O–H groups in total. The van der Waals surface area contributed by atoms with E-state index in [0.29, 0.717) is 17.3 Å². The summed E-state index contributed by atoms with van der Waals surface area (Å²) >= 11 is 0. The van der Waals surface area contributed by atoms with Crippen molar-refractivity contribution in [3.8, 4) is 6.07 Å². The maximum absolute atomic E-state index is 9.92. The lowest BCUT2D eigenvalue weighted by molar-refractivity contribution is -0.0904. The average molecular weight is 504 g/mol. The topological polar surface area (TPSA) is 23.8 Å². The molecule has 2 heteroatoms. The summed E-state index contributed by atoms with van der Waals surface area (Å²) in [5.74, 6) is 1.36. The summed E-state index contributed by atoms with van der Waals surface area (Å²) in [5.41, 5.74) is 6.54. The molecule has 196 valence electrons. The second-order valence-electron chi connectivity index (χ2n) is 12.8. The summed E-state index contributed by atoms with van der Waals surface area (Å²) < 4.78 is 0. The monoisotopic (exact) mass is 503 g/mol. The van der Waals surface area contributed by atoms with Crippen molar-refractivity contribution >= 4 is 27.2 Å². The SMILES string of the molecule is C=PC.C=c1cc2c(c(C)c1C)=CC=C1C2(C)CCC2C3CC(C)(C#N)CCC3(C)CCC12C.CC. The Morgan fingerprint density at radius 3 is 2.17 bits per heavy atom. The van der Waals surface area contributed by atoms with E-state index >= 15 is 0 Å². The van der Waals surface area contributed by atoms with Gasteiger partial charge >= 0.3 is 0 Å². The molecule has 1 aromatic carbocycles. The molecule has 3 saturated carbocycles. The van der Waals surface area contributed by atoms with Crippen LogP contribution >= 0.6 is 8.20 Å². The van der Waals surface area contributed by atoms with Crippen LogP contribution in [0.25, 0.3) is 12.7 Å². The van der Waals surface area contributed by atoms with Gasteiger partial charge in [-0.3, -0.25) is 0 Å². The highest BCUT2D eigenvalue weighted by Gasteiger charge is 2.60. The fraction of sp³-hybridized carbons (Fsp3) is 0.647. The van der Waals surface area contributed by atoms with E-state index in [-0.39, 0.29) is 16.2 Å². The van der Waals surface area contributed by atoms with Gasteiger partial charge in [-0.2, -0.15) is 5.26 Å². The lowest BCUT2D eigenvalue weighted by Gasteiger charge is -2.64. The first-order valence-corrected chi connectivity index (χ1v) is 15.7. The van der Waals surface area contributed by atoms with E-state index in [1.165, 1.54) is 67.4 Å². The molecule has 0 bridgehead atoms. The minimum absolute atomic E-state index is 0.112. The van der Waals surface area contributed by atoms with Crippen LogP contribution in [0.5, 0.6) is 0 Å². The third-order valence-electron chi connectivity index (χ3n) is 10.8. The van der Waals surface area contributed by atoms with E-state index in [2.05, 4.69) is 78.7 Å². The quantitative estimate of drug-likeness (QED) is 0.327. The maximum Gasteiger partial charge on any atom is 0.0686 e. The summed E-state index contributed by atoms with van der Waals surface area (Å²) in [6, 6.07) is 5.10. The van der Waals surface area contributed by atoms with Crippen molar-refractivity contribution in [2.45, 2.75) is 106 Å². The fourth-order valence-electron chi connectivity index (χ4n) is 8.36. The van der Waals surface area contributed by atoms with Gasteiger partial charge in [0.1, 0.15) is 0 Å². The number of nitrogens with zero attached hydrogens (tertiary/aromatic N) is 1. The van der Waals surface area contributed by atoms with E-state index in [1.54, 1.807) is 5.57 Å². The van der Waals surface area contributed by atoms with Crippen molar-refractivity contribution in [2.24, 2.45) is 28.1 Å². The van der Waals surface area contributed by atoms with Gasteiger partial charge in [0, 0.05) is 5.41 Å². The van der Waals surface area contributed by atoms with E-state index in [9.17, 15) is 5.26 Å². The number of benzene rings is 1. The Labute approximate surface area is 223 Å². The summed E-state index contributed by atoms with van der Waals surface area (Å²) in [6.45, 7) is 24.7. The zero-order chi connectivity index (χ0) is 27.1. The standard InChI is InChI=1S/C30H39N.C2H5P.C2H6/c1-19-16-24-22(21(3)20(19)2)8-9-26-29(24,6)11-10-23-25-17-27(4,18-31)12-13-28(25,5)14-15-30(23,26)7;1-3-2;1-2/h8-9,16,23,25H,1,10-15,17H2,2-7H3;1H2,2H3;1-2H3. The normalized spacial score (nSPS) is 38.1. The highest BCUT2D eigenvalue weighted by atomic mass is 31.1. The van der Waals surface area contributed by atoms with Crippen LogP contribution in [0.15, 0.2) is 17.7 Å². The maximum atomic E-state index is 9.92. The van der Waals surface area contributed by atoms with Crippen molar-refractivity contribution in [3.63, 3.8) is 0 Å². The fourth-order valence-corrected chi connectivity index (χ4v) is 8.36. The molecule has 1 nitrogen and oxygen atoms in total. The van der Waals surface area contributed by atoms with Gasteiger partial charge in [0.25, 0.3) is 0 Å². The number of allylic oxidation sites excluding steroid dienone is 2. The molecule has 5 rings (SSSR count). The predicted molar refractivity (Wildman–Crippen MR) is 161 cm³/mol. The largest absolute Gasteiger partial charge is 0.198 e. The Bertz CT molecular complexity index is 1200. The van der Waals surface area contributed by atoms with Gasteiger partial charge in [0.2, 0.25) is 0 Å². The Morgan fingerprint density at radius 1 is 0.944 bits per heavy atom. The first kappa shape index (κ1) is 28.9. The molecule has 0 aliphatic heterocycles. The second kappa shape index (κ2) is 10.3. The lowest BCUT2D eigenvalue weighted by atomic mass is 9.40. The Balaban J connectivity index is 0.000000674. The zero-order valence-corrected chi connectivity index (χ0v) is 25.5. The number of fused-ring (bicyclic) bond motifs is 7. The summed E-state index contributed by atoms with van der Waals surface area (Å²) in [5, 5.41) is 12.6. The molecule has 0 saturated heterocycles. The number of hydrogen-bond acceptors (Lipinski definition) is 1. The molecule has 36 heavy (non-hydrogen) atoms. The van der Waals surface area contributed by atoms with Gasteiger partial charge in [-0.15, -0.1) is 8.20 Å². The molecule has 6 unspecified atom stereocenters. The molecule has 0 heterocycles. The third kappa shape index (κ3) is 4.37. The third-order valence-corrected chi connectivity index (χ3v) is 10.8. The highest BCUT2D eigenvalue weighted by Crippen LogP contribution is 2.68. The number of nitriles is 1. The van der Waals surface area contributed by atoms with Crippen LogP contribution in [0.1, 0.15) is 103 Å². The van der Waals surface area contributed by atoms with Crippen molar-refractivity contribution in [1.82, 2.24) is 0 Å². The van der Waals surface area contributed by atoms with E-state index in [0.717, 1.165) is 12.8 Å². The van der Waals surface area contributed by atoms with Crippen LogP contribution in [-0.4, -0.2) is 13.0 Å². The minimum Gasteiger partial charge on any atom is -0.198 e. The predicted octanol–water partition coefficient (Wildman–Crippen LogP) is 8.26. The molecule has 4 aliphatic rings. The molecule has 3 fully saturated rings. The first-order valence-electron chi connectivity index (χ1n) is 14.2. The number of rotatable bonds is 0. The molecule has 0 radical (unpaired) electrons. The van der Waals surface area contributed by atoms with Crippen molar-refractivity contribution in [2.75, 3.05) is 6.66 Å². The van der Waals surface area contributed by atoms with E-state index < -0.39 is 0 Å². The smallest absolute Gasteiger partial charge is 0.0686 e. The van der Waals surface area contributed by atoms with Gasteiger partial charge in [-0.25, -0.2) is 0 Å². The molecule has 1 aromatic rings. The average Bonchev–Trinajstić information content (AvgIpc) is 2.85. The molecule has 0 spiro atoms. The van der Waals surface area contributed by atoms with E-state index in [1.807, 2.05) is 20.5 Å².